The minimum Gasteiger partial charge on any atom is -0.462 e. The number of pyridine rings is 1. The number of likely N-dealkylation sites (N-methyl/N-ethyl adjacent to an activating group) is 1. The lowest BCUT2D eigenvalue weighted by atomic mass is 9.86. The van der Waals surface area contributed by atoms with Crippen LogP contribution < -0.4 is 4.74 Å². The Morgan fingerprint density at radius 1 is 1.12 bits per heavy atom. The van der Waals surface area contributed by atoms with Crippen LogP contribution in [0.15, 0.2) is 67.4 Å². The SMILES string of the molecule is [C-]#[N+]C[C@H]1CC(c2nc(OC[C@@H]3CCCN3C)nc3cc(-c4cccc5ccccc45)ncc23)CCN1C(=O)C=C. The predicted octanol–water partition coefficient (Wildman–Crippen LogP) is 5.50. The number of amides is 1. The van der Waals surface area contributed by atoms with E-state index in [1.807, 2.05) is 24.4 Å². The van der Waals surface area contributed by atoms with Crippen molar-refractivity contribution in [1.82, 2.24) is 24.8 Å². The van der Waals surface area contributed by atoms with E-state index in [0.717, 1.165) is 58.0 Å². The summed E-state index contributed by atoms with van der Waals surface area (Å²) in [5.74, 6) is -0.0847. The molecule has 2 saturated heterocycles. The maximum absolute atomic E-state index is 12.5. The zero-order valence-electron chi connectivity index (χ0n) is 23.4. The van der Waals surface area contributed by atoms with E-state index in [0.29, 0.717) is 31.6 Å². The third-order valence-electron chi connectivity index (χ3n) is 8.59. The van der Waals surface area contributed by atoms with Gasteiger partial charge in [0.2, 0.25) is 12.5 Å². The van der Waals surface area contributed by atoms with Gasteiger partial charge in [-0.2, -0.15) is 9.97 Å². The molecule has 8 nitrogen and oxygen atoms in total. The molecule has 2 aliphatic heterocycles. The van der Waals surface area contributed by atoms with Crippen LogP contribution in [0, 0.1) is 6.57 Å². The Bertz CT molecular complexity index is 1640. The van der Waals surface area contributed by atoms with Gasteiger partial charge in [-0.15, -0.1) is 0 Å². The molecule has 8 heteroatoms. The van der Waals surface area contributed by atoms with Crippen molar-refractivity contribution >= 4 is 27.6 Å². The minimum atomic E-state index is -0.193. The van der Waals surface area contributed by atoms with Crippen LogP contribution in [0.4, 0.5) is 0 Å². The number of carbonyl (C=O) groups excluding carboxylic acids is 1. The third kappa shape index (κ3) is 5.38. The van der Waals surface area contributed by atoms with E-state index in [9.17, 15) is 4.79 Å². The molecule has 1 unspecified atom stereocenters. The van der Waals surface area contributed by atoms with Crippen LogP contribution in [0.5, 0.6) is 6.01 Å². The van der Waals surface area contributed by atoms with Crippen LogP contribution in [0.1, 0.15) is 37.3 Å². The highest BCUT2D eigenvalue weighted by Gasteiger charge is 2.35. The quantitative estimate of drug-likeness (QED) is 0.225. The maximum atomic E-state index is 12.5. The fourth-order valence-corrected chi connectivity index (χ4v) is 6.34. The summed E-state index contributed by atoms with van der Waals surface area (Å²) in [5, 5.41) is 3.18. The molecule has 41 heavy (non-hydrogen) atoms. The van der Waals surface area contributed by atoms with Crippen molar-refractivity contribution in [3.05, 3.63) is 84.5 Å². The van der Waals surface area contributed by atoms with E-state index in [-0.39, 0.29) is 24.4 Å². The molecule has 0 bridgehead atoms. The molecule has 6 rings (SSSR count). The Morgan fingerprint density at radius 3 is 2.78 bits per heavy atom. The number of benzene rings is 2. The lowest BCUT2D eigenvalue weighted by molar-refractivity contribution is -0.129. The number of hydrogen-bond acceptors (Lipinski definition) is 6. The number of nitrogens with zero attached hydrogens (tertiary/aromatic N) is 6. The van der Waals surface area contributed by atoms with E-state index in [4.69, 9.17) is 26.3 Å². The number of aromatic nitrogens is 3. The molecular weight excluding hydrogens is 512 g/mol. The third-order valence-corrected chi connectivity index (χ3v) is 8.59. The molecule has 0 radical (unpaired) electrons. The van der Waals surface area contributed by atoms with Gasteiger partial charge in [0.1, 0.15) is 12.6 Å². The Labute approximate surface area is 240 Å². The number of carbonyl (C=O) groups is 1. The topological polar surface area (TPSA) is 75.8 Å². The molecule has 0 aliphatic carbocycles. The molecule has 2 aromatic carbocycles. The van der Waals surface area contributed by atoms with Gasteiger partial charge in [-0.1, -0.05) is 49.0 Å². The average molecular weight is 547 g/mol. The minimum absolute atomic E-state index is 0.0443. The van der Waals surface area contributed by atoms with Crippen molar-refractivity contribution < 1.29 is 9.53 Å². The molecule has 4 heterocycles. The molecule has 1 amide bonds. The van der Waals surface area contributed by atoms with Gasteiger partial charge >= 0.3 is 6.01 Å². The van der Waals surface area contributed by atoms with E-state index in [1.165, 1.54) is 12.5 Å². The second-order valence-corrected chi connectivity index (χ2v) is 11.0. The lowest BCUT2D eigenvalue weighted by Gasteiger charge is -2.36. The van der Waals surface area contributed by atoms with Crippen LogP contribution in [-0.4, -0.2) is 76.0 Å². The molecular formula is C33H34N6O2. The van der Waals surface area contributed by atoms with Crippen molar-refractivity contribution in [3.8, 4) is 17.3 Å². The number of piperidine rings is 1. The first-order chi connectivity index (χ1) is 20.1. The molecule has 3 atom stereocenters. The largest absolute Gasteiger partial charge is 0.462 e. The average Bonchev–Trinajstić information content (AvgIpc) is 3.43. The molecule has 2 aliphatic rings. The van der Waals surface area contributed by atoms with Gasteiger partial charge in [-0.05, 0) is 62.2 Å². The van der Waals surface area contributed by atoms with E-state index in [2.05, 4.69) is 53.7 Å². The highest BCUT2D eigenvalue weighted by atomic mass is 16.5. The fraction of sp³-hybridized carbons (Fsp3) is 0.364. The summed E-state index contributed by atoms with van der Waals surface area (Å²) < 4.78 is 6.26. The summed E-state index contributed by atoms with van der Waals surface area (Å²) in [6, 6.07) is 17.1. The van der Waals surface area contributed by atoms with Crippen molar-refractivity contribution in [1.29, 1.82) is 0 Å². The highest BCUT2D eigenvalue weighted by Crippen LogP contribution is 2.37. The Balaban J connectivity index is 1.40. The van der Waals surface area contributed by atoms with Gasteiger partial charge in [-0.25, -0.2) is 6.57 Å². The Kier molecular flexibility index (Phi) is 7.62. The van der Waals surface area contributed by atoms with Crippen LogP contribution in [0.3, 0.4) is 0 Å². The van der Waals surface area contributed by atoms with E-state index >= 15 is 0 Å². The summed E-state index contributed by atoms with van der Waals surface area (Å²) in [6.45, 7) is 13.5. The van der Waals surface area contributed by atoms with Crippen molar-refractivity contribution in [2.24, 2.45) is 0 Å². The highest BCUT2D eigenvalue weighted by molar-refractivity contribution is 5.97. The van der Waals surface area contributed by atoms with Gasteiger partial charge in [0.25, 0.3) is 0 Å². The van der Waals surface area contributed by atoms with Crippen molar-refractivity contribution in [2.45, 2.75) is 43.7 Å². The van der Waals surface area contributed by atoms with E-state index < -0.39 is 0 Å². The Hall–Kier alpha value is -4.35. The summed E-state index contributed by atoms with van der Waals surface area (Å²) in [7, 11) is 2.13. The first-order valence-electron chi connectivity index (χ1n) is 14.3. The number of rotatable bonds is 7. The normalized spacial score (nSPS) is 21.2. The maximum Gasteiger partial charge on any atom is 0.317 e. The van der Waals surface area contributed by atoms with Crippen molar-refractivity contribution in [2.75, 3.05) is 33.3 Å². The monoisotopic (exact) mass is 546 g/mol. The Morgan fingerprint density at radius 2 is 1.98 bits per heavy atom. The van der Waals surface area contributed by atoms with E-state index in [1.54, 1.807) is 4.90 Å². The molecule has 0 N–H and O–H groups in total. The van der Waals surface area contributed by atoms with Gasteiger partial charge in [0, 0.05) is 35.7 Å². The van der Waals surface area contributed by atoms with Crippen LogP contribution in [-0.2, 0) is 4.79 Å². The first-order valence-corrected chi connectivity index (χ1v) is 14.3. The standard InChI is InChI=1S/C33H34N6O2/c1-4-31(40)39-16-14-23(17-25(39)19-34-2)32-28-20-35-29(27-13-7-10-22-9-5-6-12-26(22)27)18-30(28)36-33(37-32)41-21-24-11-8-15-38(24)3/h4-7,9-10,12-13,18,20,23-25H,1,8,11,14-17,19,21H2,3H3/t23?,24-,25+/m0/s1. The molecule has 208 valence electrons. The first kappa shape index (κ1) is 26.9. The lowest BCUT2D eigenvalue weighted by Crippen LogP contribution is -2.46. The summed E-state index contributed by atoms with van der Waals surface area (Å²) in [6.07, 6.45) is 6.85. The van der Waals surface area contributed by atoms with Gasteiger partial charge in [-0.3, -0.25) is 9.78 Å². The van der Waals surface area contributed by atoms with Gasteiger partial charge in [0.15, 0.2) is 0 Å². The van der Waals surface area contributed by atoms with Crippen LogP contribution in [0.2, 0.25) is 0 Å². The smallest absolute Gasteiger partial charge is 0.317 e. The molecule has 0 spiro atoms. The summed E-state index contributed by atoms with van der Waals surface area (Å²) in [5.41, 5.74) is 3.56. The number of ether oxygens (including phenoxy) is 1. The second kappa shape index (κ2) is 11.6. The predicted molar refractivity (Wildman–Crippen MR) is 161 cm³/mol. The summed E-state index contributed by atoms with van der Waals surface area (Å²) in [4.78, 5) is 35.0. The summed E-state index contributed by atoms with van der Waals surface area (Å²) >= 11 is 0. The zero-order valence-corrected chi connectivity index (χ0v) is 23.4. The number of hydrogen-bond donors (Lipinski definition) is 0. The fourth-order valence-electron chi connectivity index (χ4n) is 6.34. The number of fused-ring (bicyclic) bond motifs is 2. The van der Waals surface area contributed by atoms with Crippen LogP contribution >= 0.6 is 0 Å². The molecule has 0 saturated carbocycles. The van der Waals surface area contributed by atoms with Gasteiger partial charge in [0.05, 0.1) is 16.9 Å². The van der Waals surface area contributed by atoms with Gasteiger partial charge < -0.3 is 19.4 Å². The second-order valence-electron chi connectivity index (χ2n) is 11.0. The molecule has 2 fully saturated rings. The zero-order chi connectivity index (χ0) is 28.3. The van der Waals surface area contributed by atoms with Crippen molar-refractivity contribution in [3.63, 3.8) is 0 Å². The molecule has 4 aromatic rings. The number of likely N-dealkylation sites (tertiary alicyclic amines) is 2. The molecule has 2 aromatic heterocycles. The van der Waals surface area contributed by atoms with Crippen LogP contribution in [0.25, 0.3) is 37.8 Å².